The van der Waals surface area contributed by atoms with Crippen LogP contribution in [0.25, 0.3) is 0 Å². The van der Waals surface area contributed by atoms with Gasteiger partial charge in [0.1, 0.15) is 0 Å². The summed E-state index contributed by atoms with van der Waals surface area (Å²) in [4.78, 5) is 29.1. The van der Waals surface area contributed by atoms with Crippen LogP contribution in [0.5, 0.6) is 0 Å². The zero-order chi connectivity index (χ0) is 20.4. The van der Waals surface area contributed by atoms with Crippen molar-refractivity contribution in [2.45, 2.75) is 35.7 Å². The molecule has 0 aliphatic carbocycles. The van der Waals surface area contributed by atoms with Crippen LogP contribution in [0.1, 0.15) is 28.4 Å². The van der Waals surface area contributed by atoms with Gasteiger partial charge < -0.3 is 10.6 Å². The topological polar surface area (TPSA) is 61.4 Å². The second kappa shape index (κ2) is 8.81. The number of nitrogens with one attached hydrogen (secondary N) is 2. The molecule has 4 rings (SSSR count). The monoisotopic (exact) mass is 427 g/mol. The van der Waals surface area contributed by atoms with Crippen molar-refractivity contribution in [2.24, 2.45) is 0 Å². The van der Waals surface area contributed by atoms with E-state index in [2.05, 4.69) is 46.7 Å². The second-order valence-corrected chi connectivity index (χ2v) is 9.15. The maximum Gasteiger partial charge on any atom is 0.252 e. The van der Waals surface area contributed by atoms with E-state index in [-0.39, 0.29) is 17.9 Å². The summed E-state index contributed by atoms with van der Waals surface area (Å²) in [6.45, 7) is 4.65. The minimum atomic E-state index is -0.0734. The first-order valence-corrected chi connectivity index (χ1v) is 12.0. The Morgan fingerprint density at radius 1 is 1.31 bits per heavy atom. The van der Waals surface area contributed by atoms with Crippen molar-refractivity contribution in [1.29, 1.82) is 0 Å². The highest BCUT2D eigenvalue weighted by Gasteiger charge is 2.27. The molecule has 0 unspecified atom stereocenters. The normalized spacial score (nSPS) is 18.6. The second-order valence-electron chi connectivity index (χ2n) is 7.29. The number of benzene rings is 2. The molecule has 29 heavy (non-hydrogen) atoms. The average molecular weight is 428 g/mol. The van der Waals surface area contributed by atoms with Crippen LogP contribution in [-0.2, 0) is 17.8 Å². The lowest BCUT2D eigenvalue weighted by molar-refractivity contribution is -0.113. The highest BCUT2D eigenvalue weighted by atomic mass is 32.2. The van der Waals surface area contributed by atoms with E-state index in [1.165, 1.54) is 22.9 Å². The fourth-order valence-electron chi connectivity index (χ4n) is 3.98. The number of amides is 2. The molecule has 2 aromatic rings. The molecular formula is C22H25N3O2S2. The SMILES string of the molecule is CCN1Cc2ccccc2C[C@H]1CNC(=O)c1cc(SC)cc2c1SCC(=O)N2. The molecule has 0 radical (unpaired) electrons. The highest BCUT2D eigenvalue weighted by molar-refractivity contribution is 8.00. The molecule has 1 atom stereocenters. The Balaban J connectivity index is 1.51. The quantitative estimate of drug-likeness (QED) is 0.714. The first-order valence-electron chi connectivity index (χ1n) is 9.82. The number of hydrogen-bond acceptors (Lipinski definition) is 5. The lowest BCUT2D eigenvalue weighted by atomic mass is 9.94. The number of likely N-dealkylation sites (N-methyl/N-ethyl adjacent to an activating group) is 1. The van der Waals surface area contributed by atoms with Crippen LogP contribution in [0, 0.1) is 0 Å². The molecular weight excluding hydrogens is 402 g/mol. The van der Waals surface area contributed by atoms with Gasteiger partial charge in [-0.15, -0.1) is 23.5 Å². The lowest BCUT2D eigenvalue weighted by Gasteiger charge is -2.36. The number of fused-ring (bicyclic) bond motifs is 2. The molecule has 2 heterocycles. The molecule has 0 saturated heterocycles. The summed E-state index contributed by atoms with van der Waals surface area (Å²) >= 11 is 3.00. The van der Waals surface area contributed by atoms with Gasteiger partial charge in [-0.25, -0.2) is 0 Å². The number of hydrogen-bond donors (Lipinski definition) is 2. The lowest BCUT2D eigenvalue weighted by Crippen LogP contribution is -2.47. The van der Waals surface area contributed by atoms with Gasteiger partial charge in [0.25, 0.3) is 5.91 Å². The van der Waals surface area contributed by atoms with Crippen LogP contribution in [0.2, 0.25) is 0 Å². The summed E-state index contributed by atoms with van der Waals surface area (Å²) in [5.74, 6) is 0.247. The molecule has 2 N–H and O–H groups in total. The maximum atomic E-state index is 13.1. The smallest absolute Gasteiger partial charge is 0.252 e. The molecule has 0 saturated carbocycles. The van der Waals surface area contributed by atoms with E-state index in [0.29, 0.717) is 17.9 Å². The molecule has 2 aliphatic rings. The van der Waals surface area contributed by atoms with Crippen molar-refractivity contribution in [1.82, 2.24) is 10.2 Å². The highest BCUT2D eigenvalue weighted by Crippen LogP contribution is 2.37. The molecule has 0 fully saturated rings. The van der Waals surface area contributed by atoms with Crippen LogP contribution in [0.4, 0.5) is 5.69 Å². The maximum absolute atomic E-state index is 13.1. The number of anilines is 1. The van der Waals surface area contributed by atoms with Crippen molar-refractivity contribution in [3.63, 3.8) is 0 Å². The van der Waals surface area contributed by atoms with Gasteiger partial charge in [0.05, 0.1) is 17.0 Å². The van der Waals surface area contributed by atoms with E-state index >= 15 is 0 Å². The Labute approximate surface area is 180 Å². The predicted molar refractivity (Wildman–Crippen MR) is 120 cm³/mol. The Bertz CT molecular complexity index is 948. The van der Waals surface area contributed by atoms with Crippen molar-refractivity contribution < 1.29 is 9.59 Å². The summed E-state index contributed by atoms with van der Waals surface area (Å²) in [6.07, 6.45) is 2.91. The summed E-state index contributed by atoms with van der Waals surface area (Å²) in [5, 5.41) is 6.06. The van der Waals surface area contributed by atoms with E-state index in [0.717, 1.165) is 35.0 Å². The van der Waals surface area contributed by atoms with Crippen molar-refractivity contribution in [2.75, 3.05) is 30.4 Å². The van der Waals surface area contributed by atoms with Crippen LogP contribution < -0.4 is 10.6 Å². The van der Waals surface area contributed by atoms with Crippen LogP contribution >= 0.6 is 23.5 Å². The Hall–Kier alpha value is -1.96. The first-order chi connectivity index (χ1) is 14.1. The van der Waals surface area contributed by atoms with Gasteiger partial charge in [0, 0.05) is 28.9 Å². The first kappa shape index (κ1) is 20.3. The zero-order valence-corrected chi connectivity index (χ0v) is 18.3. The van der Waals surface area contributed by atoms with Gasteiger partial charge in [0.15, 0.2) is 0 Å². The van der Waals surface area contributed by atoms with Gasteiger partial charge in [-0.3, -0.25) is 14.5 Å². The molecule has 2 aromatic carbocycles. The number of nitrogens with zero attached hydrogens (tertiary/aromatic N) is 1. The van der Waals surface area contributed by atoms with Crippen LogP contribution in [0.15, 0.2) is 46.2 Å². The standard InChI is InChI=1S/C22H25N3O2S2/c1-3-25-12-15-7-5-4-6-14(15)8-16(25)11-23-22(27)18-9-17(28-2)10-19-21(18)29-13-20(26)24-19/h4-7,9-10,16H,3,8,11-13H2,1-2H3,(H,23,27)(H,24,26)/t16-/m0/s1. The number of carbonyl (C=O) groups excluding carboxylic acids is 2. The number of carbonyl (C=O) groups is 2. The Morgan fingerprint density at radius 3 is 2.86 bits per heavy atom. The Kier molecular flexibility index (Phi) is 6.18. The van der Waals surface area contributed by atoms with Gasteiger partial charge in [0.2, 0.25) is 5.91 Å². The minimum absolute atomic E-state index is 0.0217. The summed E-state index contributed by atoms with van der Waals surface area (Å²) in [5.41, 5.74) is 4.14. The summed E-state index contributed by atoms with van der Waals surface area (Å²) in [6, 6.07) is 12.7. The molecule has 2 amide bonds. The van der Waals surface area contributed by atoms with Gasteiger partial charge in [-0.2, -0.15) is 0 Å². The number of thioether (sulfide) groups is 2. The van der Waals surface area contributed by atoms with E-state index in [9.17, 15) is 9.59 Å². The fourth-order valence-corrected chi connectivity index (χ4v) is 5.37. The van der Waals surface area contributed by atoms with Crippen molar-refractivity contribution in [3.05, 3.63) is 53.1 Å². The van der Waals surface area contributed by atoms with Gasteiger partial charge in [-0.1, -0.05) is 31.2 Å². The molecule has 0 spiro atoms. The Morgan fingerprint density at radius 2 is 2.10 bits per heavy atom. The molecule has 152 valence electrons. The third-order valence-electron chi connectivity index (χ3n) is 5.53. The third-order valence-corrected chi connectivity index (χ3v) is 7.37. The molecule has 0 bridgehead atoms. The zero-order valence-electron chi connectivity index (χ0n) is 16.7. The van der Waals surface area contributed by atoms with Crippen LogP contribution in [-0.4, -0.2) is 47.9 Å². The minimum Gasteiger partial charge on any atom is -0.350 e. The number of rotatable bonds is 5. The molecule has 5 nitrogen and oxygen atoms in total. The molecule has 2 aliphatic heterocycles. The molecule has 7 heteroatoms. The van der Waals surface area contributed by atoms with Gasteiger partial charge >= 0.3 is 0 Å². The van der Waals surface area contributed by atoms with E-state index in [1.807, 2.05) is 18.4 Å². The van der Waals surface area contributed by atoms with Crippen LogP contribution in [0.3, 0.4) is 0 Å². The van der Waals surface area contributed by atoms with E-state index < -0.39 is 0 Å². The predicted octanol–water partition coefficient (Wildman–Crippen LogP) is 3.63. The van der Waals surface area contributed by atoms with Gasteiger partial charge in [-0.05, 0) is 42.5 Å². The van der Waals surface area contributed by atoms with Crippen molar-refractivity contribution in [3.8, 4) is 0 Å². The average Bonchev–Trinajstić information content (AvgIpc) is 2.75. The van der Waals surface area contributed by atoms with E-state index in [4.69, 9.17) is 0 Å². The molecule has 0 aromatic heterocycles. The third kappa shape index (κ3) is 4.32. The van der Waals surface area contributed by atoms with Crippen molar-refractivity contribution >= 4 is 41.0 Å². The fraction of sp³-hybridized carbons (Fsp3) is 0.364. The van der Waals surface area contributed by atoms with E-state index in [1.54, 1.807) is 11.8 Å². The summed E-state index contributed by atoms with van der Waals surface area (Å²) < 4.78 is 0. The summed E-state index contributed by atoms with van der Waals surface area (Å²) in [7, 11) is 0. The largest absolute Gasteiger partial charge is 0.350 e.